The van der Waals surface area contributed by atoms with Crippen molar-refractivity contribution in [2.45, 2.75) is 75.2 Å². The molecule has 0 radical (unpaired) electrons. The third-order valence-electron chi connectivity index (χ3n) is 7.80. The van der Waals surface area contributed by atoms with E-state index >= 15 is 4.39 Å². The SMILES string of the molecule is CC(O)CNC[C@H](CCc1c(F)cccc1NC(=O)CC(c1ccc(Cl)cc1)C1CCOCC1)NS(=O)(=O)C1CC1. The lowest BCUT2D eigenvalue weighted by molar-refractivity contribution is -0.117. The van der Waals surface area contributed by atoms with E-state index in [1.807, 2.05) is 24.3 Å². The molecule has 0 bridgehead atoms. The van der Waals surface area contributed by atoms with Crippen LogP contribution in [0.5, 0.6) is 0 Å². The zero-order valence-electron chi connectivity index (χ0n) is 23.5. The molecule has 0 aromatic heterocycles. The molecular weight excluding hydrogens is 569 g/mol. The monoisotopic (exact) mass is 609 g/mol. The number of aliphatic hydroxyl groups excluding tert-OH is 1. The Bertz CT molecular complexity index is 1250. The van der Waals surface area contributed by atoms with Crippen molar-refractivity contribution in [2.75, 3.05) is 31.6 Å². The number of benzene rings is 2. The van der Waals surface area contributed by atoms with E-state index in [1.165, 1.54) is 6.07 Å². The molecular formula is C30H41ClFN3O5S. The first kappa shape index (κ1) is 31.8. The molecule has 11 heteroatoms. The van der Waals surface area contributed by atoms with E-state index in [2.05, 4.69) is 15.4 Å². The molecule has 3 atom stereocenters. The van der Waals surface area contributed by atoms with E-state index in [-0.39, 0.29) is 35.8 Å². The summed E-state index contributed by atoms with van der Waals surface area (Å²) >= 11 is 6.11. The van der Waals surface area contributed by atoms with Gasteiger partial charge in [-0.1, -0.05) is 29.8 Å². The summed E-state index contributed by atoms with van der Waals surface area (Å²) in [5, 5.41) is 15.9. The van der Waals surface area contributed by atoms with Crippen LogP contribution in [0.3, 0.4) is 0 Å². The smallest absolute Gasteiger partial charge is 0.225 e. The molecule has 8 nitrogen and oxygen atoms in total. The number of rotatable bonds is 15. The third-order valence-corrected chi connectivity index (χ3v) is 10.1. The molecule has 1 saturated carbocycles. The number of aliphatic hydroxyl groups is 1. The molecule has 4 rings (SSSR count). The fourth-order valence-electron chi connectivity index (χ4n) is 5.41. The second-order valence-corrected chi connectivity index (χ2v) is 13.7. The number of carbonyl (C=O) groups excluding carboxylic acids is 1. The van der Waals surface area contributed by atoms with Crippen molar-refractivity contribution < 1.29 is 27.4 Å². The fourth-order valence-corrected chi connectivity index (χ4v) is 7.15. The predicted octanol–water partition coefficient (Wildman–Crippen LogP) is 4.37. The number of sulfonamides is 1. The quantitative estimate of drug-likeness (QED) is 0.238. The molecule has 2 aliphatic rings. The molecule has 1 saturated heterocycles. The molecule has 2 aromatic carbocycles. The highest BCUT2D eigenvalue weighted by atomic mass is 35.5. The average molecular weight is 610 g/mol. The van der Waals surface area contributed by atoms with Gasteiger partial charge in [-0.15, -0.1) is 0 Å². The first-order valence-corrected chi connectivity index (χ1v) is 16.3. The number of carbonyl (C=O) groups is 1. The highest BCUT2D eigenvalue weighted by Crippen LogP contribution is 2.36. The molecule has 2 unspecified atom stereocenters. The second kappa shape index (κ2) is 14.9. The zero-order chi connectivity index (χ0) is 29.4. The van der Waals surface area contributed by atoms with Crippen molar-refractivity contribution in [3.63, 3.8) is 0 Å². The number of hydrogen-bond donors (Lipinski definition) is 4. The Morgan fingerprint density at radius 2 is 1.80 bits per heavy atom. The lowest BCUT2D eigenvalue weighted by Gasteiger charge is -2.30. The predicted molar refractivity (Wildman–Crippen MR) is 159 cm³/mol. The van der Waals surface area contributed by atoms with Gasteiger partial charge >= 0.3 is 0 Å². The van der Waals surface area contributed by atoms with Crippen LogP contribution in [0.25, 0.3) is 0 Å². The minimum absolute atomic E-state index is 0.0330. The summed E-state index contributed by atoms with van der Waals surface area (Å²) in [7, 11) is -3.47. The first-order chi connectivity index (χ1) is 19.6. The van der Waals surface area contributed by atoms with Gasteiger partial charge in [0, 0.05) is 55.0 Å². The lowest BCUT2D eigenvalue weighted by Crippen LogP contribution is -2.44. The van der Waals surface area contributed by atoms with Crippen LogP contribution >= 0.6 is 11.6 Å². The average Bonchev–Trinajstić information content (AvgIpc) is 3.79. The van der Waals surface area contributed by atoms with Crippen LogP contribution in [0, 0.1) is 11.7 Å². The molecule has 2 fully saturated rings. The number of nitrogens with one attached hydrogen (secondary N) is 3. The molecule has 41 heavy (non-hydrogen) atoms. The summed E-state index contributed by atoms with van der Waals surface area (Å²) in [4.78, 5) is 13.4. The van der Waals surface area contributed by atoms with Crippen molar-refractivity contribution in [1.82, 2.24) is 10.0 Å². The van der Waals surface area contributed by atoms with Gasteiger partial charge in [-0.2, -0.15) is 0 Å². The molecule has 1 aliphatic carbocycles. The van der Waals surface area contributed by atoms with Gasteiger partial charge < -0.3 is 20.5 Å². The molecule has 0 spiro atoms. The van der Waals surface area contributed by atoms with Crippen molar-refractivity contribution in [3.05, 3.63) is 64.4 Å². The van der Waals surface area contributed by atoms with Gasteiger partial charge in [0.2, 0.25) is 15.9 Å². The maximum Gasteiger partial charge on any atom is 0.225 e. The highest BCUT2D eigenvalue weighted by molar-refractivity contribution is 7.90. The van der Waals surface area contributed by atoms with Crippen LogP contribution in [0.15, 0.2) is 42.5 Å². The van der Waals surface area contributed by atoms with E-state index < -0.39 is 28.0 Å². The maximum absolute atomic E-state index is 15.1. The highest BCUT2D eigenvalue weighted by Gasteiger charge is 2.37. The van der Waals surface area contributed by atoms with Crippen LogP contribution in [0.4, 0.5) is 10.1 Å². The Morgan fingerprint density at radius 3 is 2.46 bits per heavy atom. The summed E-state index contributed by atoms with van der Waals surface area (Å²) in [5.74, 6) is -0.429. The Labute approximate surface area is 247 Å². The van der Waals surface area contributed by atoms with E-state index in [9.17, 15) is 18.3 Å². The number of ether oxygens (including phenoxy) is 1. The second-order valence-electron chi connectivity index (χ2n) is 11.2. The molecule has 226 valence electrons. The first-order valence-electron chi connectivity index (χ1n) is 14.4. The largest absolute Gasteiger partial charge is 0.392 e. The van der Waals surface area contributed by atoms with Gasteiger partial charge in [0.15, 0.2) is 0 Å². The number of halogens is 2. The van der Waals surface area contributed by atoms with Crippen LogP contribution in [0.1, 0.15) is 62.5 Å². The van der Waals surface area contributed by atoms with Crippen molar-refractivity contribution in [1.29, 1.82) is 0 Å². The Hall–Kier alpha value is -2.08. The zero-order valence-corrected chi connectivity index (χ0v) is 25.0. The van der Waals surface area contributed by atoms with Gasteiger partial charge in [-0.25, -0.2) is 17.5 Å². The lowest BCUT2D eigenvalue weighted by atomic mass is 9.79. The van der Waals surface area contributed by atoms with Crippen LogP contribution < -0.4 is 15.4 Å². The van der Waals surface area contributed by atoms with Gasteiger partial charge in [0.05, 0.1) is 11.4 Å². The van der Waals surface area contributed by atoms with E-state index in [0.29, 0.717) is 61.8 Å². The summed E-state index contributed by atoms with van der Waals surface area (Å²) in [6.07, 6.45) is 3.17. The summed E-state index contributed by atoms with van der Waals surface area (Å²) in [5.41, 5.74) is 1.75. The Balaban J connectivity index is 1.45. The van der Waals surface area contributed by atoms with Crippen molar-refractivity contribution >= 4 is 33.2 Å². The minimum atomic E-state index is -3.47. The summed E-state index contributed by atoms with van der Waals surface area (Å²) in [6, 6.07) is 11.7. The Kier molecular flexibility index (Phi) is 11.6. The van der Waals surface area contributed by atoms with Crippen molar-refractivity contribution in [3.8, 4) is 0 Å². The minimum Gasteiger partial charge on any atom is -0.392 e. The number of amides is 1. The van der Waals surface area contributed by atoms with E-state index in [0.717, 1.165) is 18.4 Å². The standard InChI is InChI=1S/C30H41ClFN3O5S/c1-20(36)18-33-19-24(35-41(38,39)25-10-11-25)9-12-26-28(32)3-2-4-29(26)34-30(37)17-27(22-13-15-40-16-14-22)21-5-7-23(31)8-6-21/h2-8,20,22,24-25,27,33,35-36H,9-19H2,1H3,(H,34,37)/t20?,24-,27?/m0/s1. The third kappa shape index (κ3) is 9.73. The number of anilines is 1. The molecule has 1 heterocycles. The van der Waals surface area contributed by atoms with Gasteiger partial charge in [0.1, 0.15) is 5.82 Å². The van der Waals surface area contributed by atoms with E-state index in [1.54, 1.807) is 19.1 Å². The summed E-state index contributed by atoms with van der Waals surface area (Å²) < 4.78 is 48.6. The molecule has 4 N–H and O–H groups in total. The van der Waals surface area contributed by atoms with E-state index in [4.69, 9.17) is 16.3 Å². The van der Waals surface area contributed by atoms with Gasteiger partial charge in [-0.05, 0) is 87.1 Å². The van der Waals surface area contributed by atoms with Crippen LogP contribution in [-0.2, 0) is 26.0 Å². The van der Waals surface area contributed by atoms with Gasteiger partial charge in [-0.3, -0.25) is 4.79 Å². The normalized spacial score (nSPS) is 18.5. The van der Waals surface area contributed by atoms with Gasteiger partial charge in [0.25, 0.3) is 0 Å². The Morgan fingerprint density at radius 1 is 1.10 bits per heavy atom. The topological polar surface area (TPSA) is 117 Å². The molecule has 1 amide bonds. The van der Waals surface area contributed by atoms with Crippen LogP contribution in [0.2, 0.25) is 5.02 Å². The summed E-state index contributed by atoms with van der Waals surface area (Å²) in [6.45, 7) is 3.56. The number of hydrogen-bond acceptors (Lipinski definition) is 6. The van der Waals surface area contributed by atoms with Crippen molar-refractivity contribution in [2.24, 2.45) is 5.92 Å². The fraction of sp³-hybridized carbons (Fsp3) is 0.567. The molecule has 2 aromatic rings. The molecule has 1 aliphatic heterocycles. The maximum atomic E-state index is 15.1. The van der Waals surface area contributed by atoms with Crippen LogP contribution in [-0.4, -0.2) is 63.1 Å².